The molecule has 0 aliphatic carbocycles. The van der Waals surface area contributed by atoms with Gasteiger partial charge in [0.15, 0.2) is 6.10 Å². The molecule has 162 valence electrons. The van der Waals surface area contributed by atoms with Crippen molar-refractivity contribution in [3.8, 4) is 17.2 Å². The molecule has 0 radical (unpaired) electrons. The fourth-order valence-corrected chi connectivity index (χ4v) is 3.00. The van der Waals surface area contributed by atoms with Crippen LogP contribution in [0.4, 0.5) is 5.69 Å². The van der Waals surface area contributed by atoms with Crippen molar-refractivity contribution in [2.75, 3.05) is 13.7 Å². The number of nitro groups is 1. The first kappa shape index (κ1) is 21.8. The van der Waals surface area contributed by atoms with Crippen molar-refractivity contribution < 1.29 is 28.7 Å². The maximum atomic E-state index is 12.0. The summed E-state index contributed by atoms with van der Waals surface area (Å²) in [5, 5.41) is 14.3. The summed E-state index contributed by atoms with van der Waals surface area (Å²) < 4.78 is 15.9. The van der Waals surface area contributed by atoms with Crippen LogP contribution in [0.25, 0.3) is 6.08 Å². The van der Waals surface area contributed by atoms with Crippen molar-refractivity contribution in [1.82, 2.24) is 5.32 Å². The Morgan fingerprint density at radius 1 is 1.16 bits per heavy atom. The molecule has 1 N–H and O–H groups in total. The molecule has 1 unspecified atom stereocenters. The van der Waals surface area contributed by atoms with Gasteiger partial charge in [0.2, 0.25) is 5.75 Å². The summed E-state index contributed by atoms with van der Waals surface area (Å²) in [6.07, 6.45) is 4.52. The van der Waals surface area contributed by atoms with Crippen molar-refractivity contribution in [2.45, 2.75) is 25.4 Å². The zero-order chi connectivity index (χ0) is 22.2. The number of hydrogen-bond donors (Lipinski definition) is 1. The van der Waals surface area contributed by atoms with Gasteiger partial charge in [-0.2, -0.15) is 0 Å². The number of nitrogens with one attached hydrogen (secondary N) is 1. The standard InChI is InChI=1S/C22H22N2O7/c1-29-21(25)12-6-15-5-11-19(18(14-15)24(27)28)30-16-7-9-17(10-8-16)31-20-4-2-3-13-23-22(20)26/h5-12,14,20H,2-4,13H2,1H3,(H,23,26)/b12-6+. The molecule has 1 aliphatic heterocycles. The summed E-state index contributed by atoms with van der Waals surface area (Å²) in [7, 11) is 1.24. The molecule has 1 amide bonds. The number of hydrogen-bond acceptors (Lipinski definition) is 7. The number of esters is 1. The smallest absolute Gasteiger partial charge is 0.330 e. The number of carbonyl (C=O) groups excluding carboxylic acids is 2. The summed E-state index contributed by atoms with van der Waals surface area (Å²) in [6, 6.07) is 10.9. The number of carbonyl (C=O) groups is 2. The molecule has 9 heteroatoms. The molecule has 1 saturated heterocycles. The third-order valence-electron chi connectivity index (χ3n) is 4.61. The molecular weight excluding hydrogens is 404 g/mol. The highest BCUT2D eigenvalue weighted by Gasteiger charge is 2.22. The Balaban J connectivity index is 1.71. The van der Waals surface area contributed by atoms with Crippen molar-refractivity contribution in [3.63, 3.8) is 0 Å². The first-order chi connectivity index (χ1) is 15.0. The van der Waals surface area contributed by atoms with E-state index in [1.165, 1.54) is 31.4 Å². The molecule has 9 nitrogen and oxygen atoms in total. The number of methoxy groups -OCH3 is 1. The van der Waals surface area contributed by atoms with E-state index in [-0.39, 0.29) is 17.3 Å². The largest absolute Gasteiger partial charge is 0.481 e. The maximum Gasteiger partial charge on any atom is 0.330 e. The fraction of sp³-hybridized carbons (Fsp3) is 0.273. The maximum absolute atomic E-state index is 12.0. The van der Waals surface area contributed by atoms with E-state index in [9.17, 15) is 19.7 Å². The first-order valence-corrected chi connectivity index (χ1v) is 9.73. The molecule has 31 heavy (non-hydrogen) atoms. The molecule has 1 aliphatic rings. The summed E-state index contributed by atoms with van der Waals surface area (Å²) in [5.74, 6) is 0.240. The Labute approximate surface area is 178 Å². The summed E-state index contributed by atoms with van der Waals surface area (Å²) in [5.41, 5.74) is 0.206. The molecule has 1 heterocycles. The Bertz CT molecular complexity index is 986. The fourth-order valence-electron chi connectivity index (χ4n) is 3.00. The van der Waals surface area contributed by atoms with E-state index >= 15 is 0 Å². The van der Waals surface area contributed by atoms with Crippen LogP contribution >= 0.6 is 0 Å². The van der Waals surface area contributed by atoms with Crippen LogP contribution in [0.2, 0.25) is 0 Å². The Morgan fingerprint density at radius 2 is 1.90 bits per heavy atom. The van der Waals surface area contributed by atoms with Gasteiger partial charge in [-0.15, -0.1) is 0 Å². The van der Waals surface area contributed by atoms with Crippen LogP contribution in [0.15, 0.2) is 48.5 Å². The van der Waals surface area contributed by atoms with Crippen LogP contribution in [0.1, 0.15) is 24.8 Å². The predicted molar refractivity (Wildman–Crippen MR) is 112 cm³/mol. The van der Waals surface area contributed by atoms with Crippen molar-refractivity contribution in [3.05, 3.63) is 64.2 Å². The SMILES string of the molecule is COC(=O)/C=C/c1ccc(Oc2ccc(OC3CCCCNC3=O)cc2)c([N+](=O)[O-])c1. The van der Waals surface area contributed by atoms with Gasteiger partial charge in [-0.25, -0.2) is 4.79 Å². The molecule has 1 atom stereocenters. The van der Waals surface area contributed by atoms with Gasteiger partial charge in [-0.05, 0) is 61.2 Å². The minimum absolute atomic E-state index is 0.0528. The highest BCUT2D eigenvalue weighted by molar-refractivity contribution is 5.87. The number of rotatable bonds is 7. The van der Waals surface area contributed by atoms with Crippen LogP contribution in [0, 0.1) is 10.1 Å². The van der Waals surface area contributed by atoms with Gasteiger partial charge in [0.1, 0.15) is 11.5 Å². The molecule has 1 fully saturated rings. The number of nitrogens with zero attached hydrogens (tertiary/aromatic N) is 1. The average molecular weight is 426 g/mol. The van der Waals surface area contributed by atoms with Crippen LogP contribution in [-0.4, -0.2) is 36.6 Å². The lowest BCUT2D eigenvalue weighted by atomic mass is 10.1. The normalized spacial score (nSPS) is 16.3. The summed E-state index contributed by atoms with van der Waals surface area (Å²) >= 11 is 0. The topological polar surface area (TPSA) is 117 Å². The third-order valence-corrected chi connectivity index (χ3v) is 4.61. The van der Waals surface area contributed by atoms with E-state index in [0.29, 0.717) is 30.0 Å². The van der Waals surface area contributed by atoms with Gasteiger partial charge >= 0.3 is 11.7 Å². The molecular formula is C22H22N2O7. The Kier molecular flexibility index (Phi) is 7.21. The Hall–Kier alpha value is -3.88. The quantitative estimate of drug-likeness (QED) is 0.311. The second-order valence-electron chi connectivity index (χ2n) is 6.81. The molecule has 0 aromatic heterocycles. The average Bonchev–Trinajstić information content (AvgIpc) is 2.98. The van der Waals surface area contributed by atoms with Crippen LogP contribution in [0.3, 0.4) is 0 Å². The van der Waals surface area contributed by atoms with Crippen molar-refractivity contribution >= 4 is 23.6 Å². The molecule has 2 aromatic carbocycles. The zero-order valence-corrected chi connectivity index (χ0v) is 16.9. The lowest BCUT2D eigenvalue weighted by Crippen LogP contribution is -2.36. The molecule has 2 aromatic rings. The van der Waals surface area contributed by atoms with E-state index < -0.39 is 17.0 Å². The van der Waals surface area contributed by atoms with Gasteiger partial charge in [0, 0.05) is 18.7 Å². The minimum Gasteiger partial charge on any atom is -0.481 e. The highest BCUT2D eigenvalue weighted by Crippen LogP contribution is 2.33. The number of ether oxygens (including phenoxy) is 3. The highest BCUT2D eigenvalue weighted by atomic mass is 16.6. The van der Waals surface area contributed by atoms with Gasteiger partial charge in [0.25, 0.3) is 5.91 Å². The number of benzene rings is 2. The Morgan fingerprint density at radius 3 is 2.61 bits per heavy atom. The summed E-state index contributed by atoms with van der Waals surface area (Å²) in [6.45, 7) is 0.654. The van der Waals surface area contributed by atoms with Crippen molar-refractivity contribution in [1.29, 1.82) is 0 Å². The van der Waals surface area contributed by atoms with E-state index in [1.54, 1.807) is 30.3 Å². The van der Waals surface area contributed by atoms with E-state index in [4.69, 9.17) is 9.47 Å². The molecule has 3 rings (SSSR count). The van der Waals surface area contributed by atoms with Gasteiger partial charge < -0.3 is 19.5 Å². The van der Waals surface area contributed by atoms with E-state index in [1.807, 2.05) is 0 Å². The van der Waals surface area contributed by atoms with Gasteiger partial charge in [-0.3, -0.25) is 14.9 Å². The van der Waals surface area contributed by atoms with Crippen LogP contribution in [-0.2, 0) is 14.3 Å². The lowest BCUT2D eigenvalue weighted by Gasteiger charge is -2.16. The molecule has 0 spiro atoms. The second-order valence-corrected chi connectivity index (χ2v) is 6.81. The minimum atomic E-state index is -0.563. The third kappa shape index (κ3) is 6.05. The second kappa shape index (κ2) is 10.2. The number of amides is 1. The zero-order valence-electron chi connectivity index (χ0n) is 16.9. The lowest BCUT2D eigenvalue weighted by molar-refractivity contribution is -0.385. The number of nitro benzene ring substituents is 1. The first-order valence-electron chi connectivity index (χ1n) is 9.73. The predicted octanol–water partition coefficient (Wildman–Crippen LogP) is 3.62. The van der Waals surface area contributed by atoms with Crippen LogP contribution in [0.5, 0.6) is 17.2 Å². The molecule has 0 bridgehead atoms. The van der Waals surface area contributed by atoms with Gasteiger partial charge in [0.05, 0.1) is 12.0 Å². The van der Waals surface area contributed by atoms with E-state index in [2.05, 4.69) is 10.1 Å². The molecule has 0 saturated carbocycles. The van der Waals surface area contributed by atoms with Crippen LogP contribution < -0.4 is 14.8 Å². The van der Waals surface area contributed by atoms with Crippen molar-refractivity contribution in [2.24, 2.45) is 0 Å². The summed E-state index contributed by atoms with van der Waals surface area (Å²) in [4.78, 5) is 34.1. The monoisotopic (exact) mass is 426 g/mol. The van der Waals surface area contributed by atoms with E-state index in [0.717, 1.165) is 12.8 Å². The van der Waals surface area contributed by atoms with Gasteiger partial charge in [-0.1, -0.05) is 6.07 Å².